The van der Waals surface area contributed by atoms with E-state index in [2.05, 4.69) is 64.1 Å². The van der Waals surface area contributed by atoms with Crippen molar-refractivity contribution in [3.05, 3.63) is 64.7 Å². The fourth-order valence-electron chi connectivity index (χ4n) is 2.67. The van der Waals surface area contributed by atoms with Crippen molar-refractivity contribution in [1.29, 1.82) is 0 Å². The Kier molecular flexibility index (Phi) is 6.23. The van der Waals surface area contributed by atoms with Gasteiger partial charge in [-0.1, -0.05) is 44.2 Å². The summed E-state index contributed by atoms with van der Waals surface area (Å²) < 4.78 is 5.83. The smallest absolute Gasteiger partial charge is 0.119 e. The Morgan fingerprint density at radius 2 is 1.78 bits per heavy atom. The van der Waals surface area contributed by atoms with Gasteiger partial charge in [0.05, 0.1) is 6.61 Å². The monoisotopic (exact) mass is 311 g/mol. The highest BCUT2D eigenvalue weighted by molar-refractivity contribution is 5.35. The third-order valence-electron chi connectivity index (χ3n) is 4.25. The van der Waals surface area contributed by atoms with Crippen molar-refractivity contribution in [2.75, 3.05) is 13.2 Å². The predicted molar refractivity (Wildman–Crippen MR) is 98.2 cm³/mol. The SMILES string of the molecule is Cc1ccc(C(CN)Cc2cccc(OCC(C)C)c2)cc1C. The largest absolute Gasteiger partial charge is 0.493 e. The molecule has 0 radical (unpaired) electrons. The van der Waals surface area contributed by atoms with Gasteiger partial charge in [-0.05, 0) is 67.1 Å². The molecule has 0 fully saturated rings. The Morgan fingerprint density at radius 3 is 2.43 bits per heavy atom. The number of hydrogen-bond donors (Lipinski definition) is 1. The molecular weight excluding hydrogens is 282 g/mol. The van der Waals surface area contributed by atoms with Gasteiger partial charge in [0.15, 0.2) is 0 Å². The molecule has 2 rings (SSSR count). The van der Waals surface area contributed by atoms with Crippen molar-refractivity contribution in [1.82, 2.24) is 0 Å². The van der Waals surface area contributed by atoms with Crippen LogP contribution in [-0.2, 0) is 6.42 Å². The van der Waals surface area contributed by atoms with Crippen LogP contribution >= 0.6 is 0 Å². The van der Waals surface area contributed by atoms with E-state index in [0.29, 0.717) is 18.4 Å². The van der Waals surface area contributed by atoms with Crippen LogP contribution in [0.3, 0.4) is 0 Å². The maximum absolute atomic E-state index is 6.05. The minimum atomic E-state index is 0.342. The van der Waals surface area contributed by atoms with Gasteiger partial charge in [0.2, 0.25) is 0 Å². The van der Waals surface area contributed by atoms with E-state index in [1.54, 1.807) is 0 Å². The molecule has 1 unspecified atom stereocenters. The van der Waals surface area contributed by atoms with Crippen LogP contribution in [0, 0.1) is 19.8 Å². The average molecular weight is 311 g/mol. The zero-order chi connectivity index (χ0) is 16.8. The summed E-state index contributed by atoms with van der Waals surface area (Å²) >= 11 is 0. The first kappa shape index (κ1) is 17.6. The zero-order valence-electron chi connectivity index (χ0n) is 14.8. The van der Waals surface area contributed by atoms with Crippen LogP contribution in [0.25, 0.3) is 0 Å². The predicted octanol–water partition coefficient (Wildman–Crippen LogP) is 4.62. The zero-order valence-corrected chi connectivity index (χ0v) is 14.8. The first-order chi connectivity index (χ1) is 11.0. The molecule has 124 valence electrons. The van der Waals surface area contributed by atoms with Crippen LogP contribution in [0.4, 0.5) is 0 Å². The second kappa shape index (κ2) is 8.16. The normalized spacial score (nSPS) is 12.4. The highest BCUT2D eigenvalue weighted by atomic mass is 16.5. The van der Waals surface area contributed by atoms with Crippen LogP contribution in [0.15, 0.2) is 42.5 Å². The number of rotatable bonds is 7. The van der Waals surface area contributed by atoms with Crippen molar-refractivity contribution < 1.29 is 4.74 Å². The Balaban J connectivity index is 2.12. The average Bonchev–Trinajstić information content (AvgIpc) is 2.54. The molecule has 0 bridgehead atoms. The molecule has 2 N–H and O–H groups in total. The molecule has 0 spiro atoms. The maximum Gasteiger partial charge on any atom is 0.119 e. The number of ether oxygens (including phenoxy) is 1. The number of nitrogens with two attached hydrogens (primary N) is 1. The molecule has 1 atom stereocenters. The molecule has 0 heterocycles. The summed E-state index contributed by atoms with van der Waals surface area (Å²) in [6, 6.07) is 15.1. The Hall–Kier alpha value is -1.80. The van der Waals surface area contributed by atoms with E-state index in [1.165, 1.54) is 22.3 Å². The topological polar surface area (TPSA) is 35.2 Å². The molecule has 2 aromatic carbocycles. The van der Waals surface area contributed by atoms with Crippen LogP contribution in [0.5, 0.6) is 5.75 Å². The fourth-order valence-corrected chi connectivity index (χ4v) is 2.67. The molecule has 0 amide bonds. The lowest BCUT2D eigenvalue weighted by molar-refractivity contribution is 0.271. The molecule has 0 saturated carbocycles. The van der Waals surface area contributed by atoms with E-state index in [1.807, 2.05) is 6.07 Å². The third kappa shape index (κ3) is 5.11. The van der Waals surface area contributed by atoms with Crippen molar-refractivity contribution in [3.8, 4) is 5.75 Å². The number of aryl methyl sites for hydroxylation is 2. The molecule has 2 aromatic rings. The van der Waals surface area contributed by atoms with Gasteiger partial charge >= 0.3 is 0 Å². The minimum Gasteiger partial charge on any atom is -0.493 e. The van der Waals surface area contributed by atoms with E-state index in [4.69, 9.17) is 10.5 Å². The minimum absolute atomic E-state index is 0.342. The second-order valence-corrected chi connectivity index (χ2v) is 6.83. The Bertz CT molecular complexity index is 633. The lowest BCUT2D eigenvalue weighted by Gasteiger charge is -2.17. The van der Waals surface area contributed by atoms with Crippen LogP contribution < -0.4 is 10.5 Å². The summed E-state index contributed by atoms with van der Waals surface area (Å²) in [5.41, 5.74) is 11.3. The number of benzene rings is 2. The highest BCUT2D eigenvalue weighted by Crippen LogP contribution is 2.24. The van der Waals surface area contributed by atoms with E-state index in [9.17, 15) is 0 Å². The van der Waals surface area contributed by atoms with Gasteiger partial charge in [-0.25, -0.2) is 0 Å². The second-order valence-electron chi connectivity index (χ2n) is 6.83. The standard InChI is InChI=1S/C21H29NO/c1-15(2)14-23-21-7-5-6-18(12-21)11-20(13-22)19-9-8-16(3)17(4)10-19/h5-10,12,15,20H,11,13-14,22H2,1-4H3. The van der Waals surface area contributed by atoms with E-state index in [0.717, 1.165) is 18.8 Å². The summed E-state index contributed by atoms with van der Waals surface area (Å²) in [7, 11) is 0. The summed E-state index contributed by atoms with van der Waals surface area (Å²) in [5, 5.41) is 0. The van der Waals surface area contributed by atoms with Gasteiger partial charge in [-0.3, -0.25) is 0 Å². The summed E-state index contributed by atoms with van der Waals surface area (Å²) in [6.45, 7) is 10.0. The van der Waals surface area contributed by atoms with E-state index >= 15 is 0 Å². The number of hydrogen-bond acceptors (Lipinski definition) is 2. The van der Waals surface area contributed by atoms with Gasteiger partial charge in [0.1, 0.15) is 5.75 Å². The van der Waals surface area contributed by atoms with Crippen molar-refractivity contribution in [2.24, 2.45) is 11.7 Å². The van der Waals surface area contributed by atoms with Crippen LogP contribution in [-0.4, -0.2) is 13.2 Å². The lowest BCUT2D eigenvalue weighted by atomic mass is 9.90. The first-order valence-corrected chi connectivity index (χ1v) is 8.48. The van der Waals surface area contributed by atoms with Crippen molar-refractivity contribution in [2.45, 2.75) is 40.0 Å². The van der Waals surface area contributed by atoms with Gasteiger partial charge in [0, 0.05) is 5.92 Å². The van der Waals surface area contributed by atoms with Gasteiger partial charge < -0.3 is 10.5 Å². The van der Waals surface area contributed by atoms with Gasteiger partial charge in [0.25, 0.3) is 0 Å². The molecule has 0 aliphatic heterocycles. The summed E-state index contributed by atoms with van der Waals surface area (Å²) in [6.07, 6.45) is 0.942. The molecular formula is C21H29NO. The van der Waals surface area contributed by atoms with E-state index in [-0.39, 0.29) is 0 Å². The Labute approximate surface area is 140 Å². The highest BCUT2D eigenvalue weighted by Gasteiger charge is 2.12. The molecule has 23 heavy (non-hydrogen) atoms. The van der Waals surface area contributed by atoms with Crippen LogP contribution in [0.1, 0.15) is 42.0 Å². The molecule has 0 aromatic heterocycles. The van der Waals surface area contributed by atoms with Crippen molar-refractivity contribution in [3.63, 3.8) is 0 Å². The summed E-state index contributed by atoms with van der Waals surface area (Å²) in [5.74, 6) is 1.83. The summed E-state index contributed by atoms with van der Waals surface area (Å²) in [4.78, 5) is 0. The quantitative estimate of drug-likeness (QED) is 0.809. The van der Waals surface area contributed by atoms with Gasteiger partial charge in [-0.2, -0.15) is 0 Å². The van der Waals surface area contributed by atoms with Gasteiger partial charge in [-0.15, -0.1) is 0 Å². The molecule has 0 saturated heterocycles. The maximum atomic E-state index is 6.05. The molecule has 0 aliphatic carbocycles. The lowest BCUT2D eigenvalue weighted by Crippen LogP contribution is -2.15. The third-order valence-corrected chi connectivity index (χ3v) is 4.25. The molecule has 0 aliphatic rings. The van der Waals surface area contributed by atoms with E-state index < -0.39 is 0 Å². The molecule has 2 nitrogen and oxygen atoms in total. The fraction of sp³-hybridized carbons (Fsp3) is 0.429. The first-order valence-electron chi connectivity index (χ1n) is 8.48. The van der Waals surface area contributed by atoms with Crippen LogP contribution in [0.2, 0.25) is 0 Å². The molecule has 2 heteroatoms. The van der Waals surface area contributed by atoms with Crippen molar-refractivity contribution >= 4 is 0 Å². The Morgan fingerprint density at radius 1 is 1.00 bits per heavy atom.